The average molecular weight is 172 g/mol. The third-order valence-corrected chi connectivity index (χ3v) is 1.60. The van der Waals surface area contributed by atoms with Crippen molar-refractivity contribution in [2.75, 3.05) is 0 Å². The molecule has 70 valence electrons. The summed E-state index contributed by atoms with van der Waals surface area (Å²) in [6.45, 7) is 7.01. The third kappa shape index (κ3) is 3.37. The number of nitrogens with zero attached hydrogens (tertiary/aromatic N) is 2. The molecule has 0 aromatic heterocycles. The largest absolute Gasteiger partial charge is 0.624 e. The molecule has 0 aliphatic heterocycles. The van der Waals surface area contributed by atoms with E-state index in [1.165, 1.54) is 0 Å². The predicted octanol–water partition coefficient (Wildman–Crippen LogP) is 1.61. The van der Waals surface area contributed by atoms with E-state index < -0.39 is 0 Å². The summed E-state index contributed by atoms with van der Waals surface area (Å²) in [5.41, 5.74) is 1.29. The van der Waals surface area contributed by atoms with E-state index in [1.54, 1.807) is 27.7 Å². The molecule has 4 heteroatoms. The molecule has 1 unspecified atom stereocenters. The normalized spacial score (nSPS) is 14.2. The molecule has 0 saturated carbocycles. The molecule has 0 aromatic carbocycles. The van der Waals surface area contributed by atoms with Crippen molar-refractivity contribution in [1.82, 2.24) is 0 Å². The summed E-state index contributed by atoms with van der Waals surface area (Å²) in [5, 5.41) is 22.6. The van der Waals surface area contributed by atoms with Gasteiger partial charge in [-0.2, -0.15) is 0 Å². The second kappa shape index (κ2) is 4.74. The Morgan fingerprint density at radius 1 is 1.50 bits per heavy atom. The van der Waals surface area contributed by atoms with Gasteiger partial charge in [-0.3, -0.25) is 0 Å². The maximum atomic E-state index is 11.2. The first-order valence-corrected chi connectivity index (χ1v) is 3.93. The Kier molecular flexibility index (Phi) is 4.33. The van der Waals surface area contributed by atoms with Crippen LogP contribution in [0.4, 0.5) is 0 Å². The lowest BCUT2D eigenvalue weighted by Gasteiger charge is -2.13. The highest BCUT2D eigenvalue weighted by atomic mass is 16.5. The second-order valence-corrected chi connectivity index (χ2v) is 3.16. The maximum Gasteiger partial charge on any atom is 0.165 e. The third-order valence-electron chi connectivity index (χ3n) is 1.60. The van der Waals surface area contributed by atoms with Crippen molar-refractivity contribution in [1.29, 1.82) is 0 Å². The second-order valence-electron chi connectivity index (χ2n) is 3.16. The van der Waals surface area contributed by atoms with Crippen LogP contribution in [0.3, 0.4) is 0 Å². The van der Waals surface area contributed by atoms with Gasteiger partial charge in [-0.05, 0) is 13.8 Å². The van der Waals surface area contributed by atoms with Gasteiger partial charge in [0.05, 0.1) is 12.1 Å². The van der Waals surface area contributed by atoms with E-state index in [9.17, 15) is 5.21 Å². The Morgan fingerprint density at radius 3 is 2.33 bits per heavy atom. The van der Waals surface area contributed by atoms with Crippen molar-refractivity contribution in [3.63, 3.8) is 0 Å². The van der Waals surface area contributed by atoms with Crippen molar-refractivity contribution < 1.29 is 9.95 Å². The van der Waals surface area contributed by atoms with Crippen molar-refractivity contribution in [3.05, 3.63) is 5.21 Å². The average Bonchev–Trinajstić information content (AvgIpc) is 2.02. The molecule has 0 aliphatic carbocycles. The molecule has 4 nitrogen and oxygen atoms in total. The highest BCUT2D eigenvalue weighted by Crippen LogP contribution is 1.99. The van der Waals surface area contributed by atoms with E-state index in [-0.39, 0.29) is 6.04 Å². The first-order valence-electron chi connectivity index (χ1n) is 3.93. The van der Waals surface area contributed by atoms with Crippen LogP contribution in [-0.2, 0) is 0 Å². The van der Waals surface area contributed by atoms with Gasteiger partial charge in [-0.15, -0.1) is 0 Å². The lowest BCUT2D eigenvalue weighted by molar-refractivity contribution is -0.495. The highest BCUT2D eigenvalue weighted by molar-refractivity contribution is 5.81. The van der Waals surface area contributed by atoms with Gasteiger partial charge >= 0.3 is 0 Å². The number of hydrogen-bond donors (Lipinski definition) is 1. The number of rotatable bonds is 3. The fraction of sp³-hybridized carbons (Fsp3) is 0.750. The van der Waals surface area contributed by atoms with Crippen LogP contribution in [0.25, 0.3) is 0 Å². The van der Waals surface area contributed by atoms with Crippen LogP contribution >= 0.6 is 0 Å². The minimum Gasteiger partial charge on any atom is -0.624 e. The lowest BCUT2D eigenvalue weighted by Crippen LogP contribution is -2.24. The van der Waals surface area contributed by atoms with Crippen LogP contribution in [0, 0.1) is 5.21 Å². The van der Waals surface area contributed by atoms with Crippen LogP contribution in [0.1, 0.15) is 34.1 Å². The Labute approximate surface area is 72.8 Å². The molecular formula is C8H16N2O2. The zero-order chi connectivity index (χ0) is 9.72. The van der Waals surface area contributed by atoms with E-state index >= 15 is 0 Å². The molecule has 1 N–H and O–H groups in total. The molecular weight excluding hydrogens is 156 g/mol. The molecule has 0 bridgehead atoms. The summed E-state index contributed by atoms with van der Waals surface area (Å²) in [4.78, 5) is 0. The van der Waals surface area contributed by atoms with Crippen molar-refractivity contribution in [2.45, 2.75) is 40.2 Å². The molecule has 0 heterocycles. The van der Waals surface area contributed by atoms with Gasteiger partial charge in [-0.25, -0.2) is 4.74 Å². The quantitative estimate of drug-likeness (QED) is 0.231. The van der Waals surface area contributed by atoms with Crippen LogP contribution in [0.5, 0.6) is 0 Å². The van der Waals surface area contributed by atoms with E-state index in [4.69, 9.17) is 5.21 Å². The molecule has 0 amide bonds. The number of hydroxylamine groups is 1. The van der Waals surface area contributed by atoms with Crippen LogP contribution in [0.15, 0.2) is 5.16 Å². The Hall–Kier alpha value is -1.06. The Balaban J connectivity index is 4.24. The van der Waals surface area contributed by atoms with Gasteiger partial charge in [0.15, 0.2) is 11.8 Å². The molecule has 0 spiro atoms. The summed E-state index contributed by atoms with van der Waals surface area (Å²) >= 11 is 0. The van der Waals surface area contributed by atoms with E-state index in [1.807, 2.05) is 0 Å². The fourth-order valence-corrected chi connectivity index (χ4v) is 0.992. The van der Waals surface area contributed by atoms with Gasteiger partial charge in [0.25, 0.3) is 0 Å². The van der Waals surface area contributed by atoms with Crippen LogP contribution in [-0.4, -0.2) is 27.4 Å². The maximum absolute atomic E-state index is 11.2. The van der Waals surface area contributed by atoms with Crippen molar-refractivity contribution >= 4 is 11.4 Å². The predicted molar refractivity (Wildman–Crippen MR) is 49.0 cm³/mol. The molecule has 0 aromatic rings. The highest BCUT2D eigenvalue weighted by Gasteiger charge is 2.11. The summed E-state index contributed by atoms with van der Waals surface area (Å²) < 4.78 is 0.925. The summed E-state index contributed by atoms with van der Waals surface area (Å²) in [5.74, 6) is 0. The van der Waals surface area contributed by atoms with Crippen molar-refractivity contribution in [2.24, 2.45) is 5.16 Å². The zero-order valence-electron chi connectivity index (χ0n) is 8.03. The first kappa shape index (κ1) is 10.9. The van der Waals surface area contributed by atoms with Gasteiger partial charge in [-0.1, -0.05) is 5.16 Å². The minimum absolute atomic E-state index is 0.161. The summed E-state index contributed by atoms with van der Waals surface area (Å²) in [7, 11) is 0. The topological polar surface area (TPSA) is 58.7 Å². The van der Waals surface area contributed by atoms with Crippen LogP contribution < -0.4 is 0 Å². The Bertz CT molecular complexity index is 205. The van der Waals surface area contributed by atoms with Gasteiger partial charge < -0.3 is 10.4 Å². The molecule has 0 fully saturated rings. The van der Waals surface area contributed by atoms with E-state index in [0.717, 1.165) is 4.74 Å². The lowest BCUT2D eigenvalue weighted by atomic mass is 10.2. The molecule has 0 rings (SSSR count). The van der Waals surface area contributed by atoms with E-state index in [2.05, 4.69) is 5.16 Å². The molecule has 12 heavy (non-hydrogen) atoms. The van der Waals surface area contributed by atoms with Gasteiger partial charge in [0, 0.05) is 13.8 Å². The Morgan fingerprint density at radius 2 is 2.00 bits per heavy atom. The van der Waals surface area contributed by atoms with Gasteiger partial charge in [0.1, 0.15) is 0 Å². The minimum atomic E-state index is -0.161. The number of hydrogen-bond acceptors (Lipinski definition) is 3. The number of oxime groups is 1. The SMILES string of the molecule is CC(C)=[N+]([O-])C(C)C/C(C)=N/O. The standard InChI is InChI=1S/C8H16N2O2/c1-6(2)10(12)8(4)5-7(3)9-11/h8,11H,5H2,1-4H3/b9-7+. The molecule has 0 radical (unpaired) electrons. The summed E-state index contributed by atoms with van der Waals surface area (Å²) in [6, 6.07) is -0.161. The zero-order valence-corrected chi connectivity index (χ0v) is 8.03. The summed E-state index contributed by atoms with van der Waals surface area (Å²) in [6.07, 6.45) is 0.491. The van der Waals surface area contributed by atoms with Crippen molar-refractivity contribution in [3.8, 4) is 0 Å². The van der Waals surface area contributed by atoms with E-state index in [0.29, 0.717) is 17.8 Å². The smallest absolute Gasteiger partial charge is 0.165 e. The van der Waals surface area contributed by atoms with Gasteiger partial charge in [0.2, 0.25) is 0 Å². The molecule has 0 saturated heterocycles. The van der Waals surface area contributed by atoms with Crippen LogP contribution in [0.2, 0.25) is 0 Å². The monoisotopic (exact) mass is 172 g/mol. The molecule has 1 atom stereocenters. The first-order chi connectivity index (χ1) is 5.49. The molecule has 0 aliphatic rings. The fourth-order valence-electron chi connectivity index (χ4n) is 0.992.